The maximum atomic E-state index is 13.5. The van der Waals surface area contributed by atoms with Gasteiger partial charge in [-0.05, 0) is 23.8 Å². The summed E-state index contributed by atoms with van der Waals surface area (Å²) >= 11 is 11.3. The molecular weight excluding hydrogens is 298 g/mol. The van der Waals surface area contributed by atoms with Crippen molar-refractivity contribution in [3.63, 3.8) is 0 Å². The molecule has 1 N–H and O–H groups in total. The largest absolute Gasteiger partial charge is 0.377 e. The molecule has 0 aliphatic heterocycles. The number of benzene rings is 2. The molecule has 6 heteroatoms. The van der Waals surface area contributed by atoms with Crippen LogP contribution in [0, 0.1) is 17.5 Å². The first kappa shape index (κ1) is 14.0. The predicted octanol–water partition coefficient (Wildman–Crippen LogP) is 5.02. The van der Waals surface area contributed by atoms with Gasteiger partial charge in [-0.1, -0.05) is 29.3 Å². The summed E-state index contributed by atoms with van der Waals surface area (Å²) in [5, 5.41) is 2.62. The van der Waals surface area contributed by atoms with E-state index in [-0.39, 0.29) is 22.3 Å². The summed E-state index contributed by atoms with van der Waals surface area (Å²) in [4.78, 5) is 0. The highest BCUT2D eigenvalue weighted by molar-refractivity contribution is 6.33. The van der Waals surface area contributed by atoms with Gasteiger partial charge in [0.2, 0.25) is 0 Å². The molecule has 0 spiro atoms. The minimum Gasteiger partial charge on any atom is -0.377 e. The van der Waals surface area contributed by atoms with Crippen molar-refractivity contribution in [3.8, 4) is 0 Å². The molecule has 0 saturated carbocycles. The van der Waals surface area contributed by atoms with Crippen LogP contribution < -0.4 is 5.32 Å². The van der Waals surface area contributed by atoms with Crippen LogP contribution in [0.2, 0.25) is 10.0 Å². The summed E-state index contributed by atoms with van der Waals surface area (Å²) in [5.41, 5.74) is 0.528. The normalized spacial score (nSPS) is 10.6. The molecule has 19 heavy (non-hydrogen) atoms. The zero-order valence-corrected chi connectivity index (χ0v) is 11.0. The van der Waals surface area contributed by atoms with Crippen molar-refractivity contribution < 1.29 is 13.2 Å². The third kappa shape index (κ3) is 3.33. The number of nitrogens with one attached hydrogen (secondary N) is 1. The van der Waals surface area contributed by atoms with E-state index in [4.69, 9.17) is 23.2 Å². The Hall–Kier alpha value is -1.39. The van der Waals surface area contributed by atoms with Gasteiger partial charge in [0, 0.05) is 12.6 Å². The molecule has 0 radical (unpaired) electrons. The molecule has 2 aromatic rings. The van der Waals surface area contributed by atoms with Gasteiger partial charge in [-0.2, -0.15) is 0 Å². The third-order valence-electron chi connectivity index (χ3n) is 2.46. The van der Waals surface area contributed by atoms with E-state index in [1.165, 1.54) is 12.1 Å². The molecule has 100 valence electrons. The molecule has 0 fully saturated rings. The van der Waals surface area contributed by atoms with E-state index in [2.05, 4.69) is 5.32 Å². The lowest BCUT2D eigenvalue weighted by Gasteiger charge is -2.10. The molecule has 2 rings (SSSR count). The monoisotopic (exact) mass is 305 g/mol. The van der Waals surface area contributed by atoms with Crippen molar-refractivity contribution >= 4 is 28.9 Å². The van der Waals surface area contributed by atoms with Crippen molar-refractivity contribution in [2.75, 3.05) is 5.32 Å². The lowest BCUT2D eigenvalue weighted by atomic mass is 10.2. The van der Waals surface area contributed by atoms with Gasteiger partial charge in [-0.15, -0.1) is 0 Å². The summed E-state index contributed by atoms with van der Waals surface area (Å²) in [6, 6.07) is 5.93. The van der Waals surface area contributed by atoms with Crippen LogP contribution >= 0.6 is 23.2 Å². The number of halogens is 5. The van der Waals surface area contributed by atoms with Crippen LogP contribution in [0.3, 0.4) is 0 Å². The second-order valence-corrected chi connectivity index (χ2v) is 4.66. The molecule has 0 unspecified atom stereocenters. The molecule has 0 heterocycles. The highest BCUT2D eigenvalue weighted by Crippen LogP contribution is 2.27. The Labute approximate surface area is 118 Å². The first-order valence-corrected chi connectivity index (χ1v) is 6.05. The summed E-state index contributed by atoms with van der Waals surface area (Å²) < 4.78 is 39.5. The molecule has 0 bridgehead atoms. The van der Waals surface area contributed by atoms with Gasteiger partial charge in [0.05, 0.1) is 15.7 Å². The van der Waals surface area contributed by atoms with Crippen LogP contribution in [0.25, 0.3) is 0 Å². The van der Waals surface area contributed by atoms with Crippen molar-refractivity contribution in [1.29, 1.82) is 0 Å². The highest BCUT2D eigenvalue weighted by Gasteiger charge is 2.10. The van der Waals surface area contributed by atoms with E-state index in [0.29, 0.717) is 5.56 Å². The van der Waals surface area contributed by atoms with E-state index >= 15 is 0 Å². The summed E-state index contributed by atoms with van der Waals surface area (Å²) in [5.74, 6) is -2.13. The number of rotatable bonds is 3. The van der Waals surface area contributed by atoms with Crippen molar-refractivity contribution in [2.45, 2.75) is 6.54 Å². The third-order valence-corrected chi connectivity index (χ3v) is 3.06. The Bertz CT molecular complexity index is 594. The zero-order chi connectivity index (χ0) is 14.0. The molecule has 2 aromatic carbocycles. The molecule has 0 aliphatic rings. The second-order valence-electron chi connectivity index (χ2n) is 3.85. The number of anilines is 1. The lowest BCUT2D eigenvalue weighted by Crippen LogP contribution is -2.03. The highest BCUT2D eigenvalue weighted by atomic mass is 35.5. The molecular formula is C13H8Cl2F3N. The maximum Gasteiger partial charge on any atom is 0.150 e. The van der Waals surface area contributed by atoms with E-state index in [1.54, 1.807) is 6.07 Å². The van der Waals surface area contributed by atoms with Crippen LogP contribution in [-0.4, -0.2) is 0 Å². The fraction of sp³-hybridized carbons (Fsp3) is 0.0769. The topological polar surface area (TPSA) is 12.0 Å². The van der Waals surface area contributed by atoms with Crippen molar-refractivity contribution in [3.05, 3.63) is 63.4 Å². The van der Waals surface area contributed by atoms with Crippen LogP contribution in [-0.2, 0) is 6.54 Å². The standard InChI is InChI=1S/C13H8Cl2F3N/c14-9-2-1-7(3-11(9)17)6-19-13-10(15)4-8(16)5-12(13)18/h1-5,19H,6H2. The lowest BCUT2D eigenvalue weighted by molar-refractivity contribution is 0.585. The first-order chi connectivity index (χ1) is 8.97. The quantitative estimate of drug-likeness (QED) is 0.839. The minimum absolute atomic E-state index is 0.00902. The van der Waals surface area contributed by atoms with Gasteiger partial charge in [0.25, 0.3) is 0 Å². The van der Waals surface area contributed by atoms with Crippen LogP contribution in [0.4, 0.5) is 18.9 Å². The molecule has 0 aliphatic carbocycles. The Morgan fingerprint density at radius 2 is 1.63 bits per heavy atom. The van der Waals surface area contributed by atoms with Gasteiger partial charge < -0.3 is 5.32 Å². The molecule has 0 aromatic heterocycles. The Morgan fingerprint density at radius 1 is 0.895 bits per heavy atom. The van der Waals surface area contributed by atoms with Gasteiger partial charge in [-0.25, -0.2) is 13.2 Å². The van der Waals surface area contributed by atoms with E-state index < -0.39 is 17.5 Å². The van der Waals surface area contributed by atoms with E-state index in [9.17, 15) is 13.2 Å². The Morgan fingerprint density at radius 3 is 2.26 bits per heavy atom. The fourth-order valence-electron chi connectivity index (χ4n) is 1.55. The first-order valence-electron chi connectivity index (χ1n) is 5.29. The van der Waals surface area contributed by atoms with Crippen molar-refractivity contribution in [2.24, 2.45) is 0 Å². The number of hydrogen-bond donors (Lipinski definition) is 1. The van der Waals surface area contributed by atoms with Gasteiger partial charge in [0.15, 0.2) is 5.82 Å². The number of hydrogen-bond acceptors (Lipinski definition) is 1. The average Bonchev–Trinajstić information content (AvgIpc) is 2.32. The minimum atomic E-state index is -0.806. The molecule has 0 saturated heterocycles. The molecule has 1 nitrogen and oxygen atoms in total. The molecule has 0 atom stereocenters. The smallest absolute Gasteiger partial charge is 0.150 e. The van der Waals surface area contributed by atoms with E-state index in [1.807, 2.05) is 0 Å². The van der Waals surface area contributed by atoms with Gasteiger partial charge >= 0.3 is 0 Å². The second kappa shape index (κ2) is 5.72. The Kier molecular flexibility index (Phi) is 4.22. The zero-order valence-electron chi connectivity index (χ0n) is 9.48. The maximum absolute atomic E-state index is 13.5. The van der Waals surface area contributed by atoms with Crippen LogP contribution in [0.15, 0.2) is 30.3 Å². The summed E-state index contributed by atoms with van der Waals surface area (Å²) in [6.07, 6.45) is 0. The van der Waals surface area contributed by atoms with E-state index in [0.717, 1.165) is 12.1 Å². The van der Waals surface area contributed by atoms with Gasteiger partial charge in [0.1, 0.15) is 11.6 Å². The van der Waals surface area contributed by atoms with Crippen LogP contribution in [0.1, 0.15) is 5.56 Å². The fourth-order valence-corrected chi connectivity index (χ4v) is 1.93. The van der Waals surface area contributed by atoms with Crippen molar-refractivity contribution in [1.82, 2.24) is 0 Å². The van der Waals surface area contributed by atoms with Gasteiger partial charge in [-0.3, -0.25) is 0 Å². The summed E-state index contributed by atoms with van der Waals surface area (Å²) in [6.45, 7) is 0.135. The SMILES string of the molecule is Fc1cc(F)c(NCc2ccc(Cl)c(F)c2)c(Cl)c1. The summed E-state index contributed by atoms with van der Waals surface area (Å²) in [7, 11) is 0. The Balaban J connectivity index is 2.16. The predicted molar refractivity (Wildman–Crippen MR) is 70.1 cm³/mol. The average molecular weight is 306 g/mol. The molecule has 0 amide bonds. The van der Waals surface area contributed by atoms with Crippen LogP contribution in [0.5, 0.6) is 0 Å².